The monoisotopic (exact) mass is 514 g/mol. The van der Waals surface area contributed by atoms with Crippen LogP contribution in [0.5, 0.6) is 0 Å². The Labute approximate surface area is 214 Å². The molecular formula is C26H28Cl2N4O3. The van der Waals surface area contributed by atoms with Crippen molar-refractivity contribution in [3.8, 4) is 0 Å². The number of benzene rings is 1. The summed E-state index contributed by atoms with van der Waals surface area (Å²) in [4.78, 5) is 34.8. The number of aliphatic hydroxyl groups excluding tert-OH is 1. The molecule has 0 spiro atoms. The second kappa shape index (κ2) is 10.0. The molecule has 2 aromatic heterocycles. The number of Topliss-reactive ketones (excluding diaryl/α,β-unsaturated/α-hetero) is 1. The number of likely N-dealkylation sites (N-methyl/N-ethyl adjacent to an activating group) is 1. The number of carbonyl (C=O) groups is 2. The Morgan fingerprint density at radius 1 is 1.11 bits per heavy atom. The number of rotatable bonds is 7. The van der Waals surface area contributed by atoms with Crippen LogP contribution < -0.4 is 0 Å². The molecule has 1 atom stereocenters. The number of aliphatic hydroxyl groups is 1. The molecule has 1 aromatic carbocycles. The van der Waals surface area contributed by atoms with Gasteiger partial charge < -0.3 is 19.3 Å². The number of hydrogen-bond donors (Lipinski definition) is 1. The fourth-order valence-electron chi connectivity index (χ4n) is 4.60. The number of ketones is 1. The maximum atomic E-state index is 13.3. The van der Waals surface area contributed by atoms with Crippen LogP contribution in [-0.2, 0) is 9.59 Å². The molecule has 1 aliphatic rings. The van der Waals surface area contributed by atoms with E-state index < -0.39 is 17.7 Å². The molecule has 9 heteroatoms. The van der Waals surface area contributed by atoms with Crippen molar-refractivity contribution < 1.29 is 14.7 Å². The quantitative estimate of drug-likeness (QED) is 0.272. The van der Waals surface area contributed by atoms with Crippen LogP contribution in [0.2, 0.25) is 10.0 Å². The van der Waals surface area contributed by atoms with Gasteiger partial charge in [-0.1, -0.05) is 49.2 Å². The van der Waals surface area contributed by atoms with Crippen molar-refractivity contribution in [2.45, 2.75) is 33.7 Å². The van der Waals surface area contributed by atoms with Gasteiger partial charge in [0, 0.05) is 19.3 Å². The minimum Gasteiger partial charge on any atom is -0.505 e. The van der Waals surface area contributed by atoms with Gasteiger partial charge in [-0.15, -0.1) is 0 Å². The van der Waals surface area contributed by atoms with Crippen LogP contribution in [0, 0.1) is 13.8 Å². The van der Waals surface area contributed by atoms with E-state index in [2.05, 4.69) is 9.88 Å². The van der Waals surface area contributed by atoms with Gasteiger partial charge in [0.05, 0.1) is 27.4 Å². The van der Waals surface area contributed by atoms with Gasteiger partial charge in [0.1, 0.15) is 11.3 Å². The molecule has 1 amide bonds. The predicted octanol–water partition coefficient (Wildman–Crippen LogP) is 5.02. The standard InChI is InChI=1S/C26H28Cl2N4O3/c1-5-30(6-2)12-13-32-22(17-9-10-18(27)19(28)14-17)20(24(34)26(32)35)23(33)21-16(4)31-11-7-8-15(3)25(31)29-21/h7-11,14,22,33H,5-6,12-13H2,1-4H3/b23-20+. The summed E-state index contributed by atoms with van der Waals surface area (Å²) in [5.41, 5.74) is 3.13. The number of hydrogen-bond acceptors (Lipinski definition) is 5. The molecule has 1 saturated heterocycles. The Bertz CT molecular complexity index is 1340. The van der Waals surface area contributed by atoms with Gasteiger partial charge in [-0.3, -0.25) is 9.59 Å². The molecule has 0 aliphatic carbocycles. The fourth-order valence-corrected chi connectivity index (χ4v) is 4.91. The van der Waals surface area contributed by atoms with Gasteiger partial charge in [-0.2, -0.15) is 0 Å². The highest BCUT2D eigenvalue weighted by Gasteiger charge is 2.46. The lowest BCUT2D eigenvalue weighted by Crippen LogP contribution is -2.38. The average Bonchev–Trinajstić information content (AvgIpc) is 3.31. The number of aryl methyl sites for hydroxylation is 2. The zero-order valence-electron chi connectivity index (χ0n) is 20.2. The Balaban J connectivity index is 1.89. The van der Waals surface area contributed by atoms with E-state index in [9.17, 15) is 14.7 Å². The molecule has 3 aromatic rings. The predicted molar refractivity (Wildman–Crippen MR) is 138 cm³/mol. The highest BCUT2D eigenvalue weighted by atomic mass is 35.5. The van der Waals surface area contributed by atoms with Crippen molar-refractivity contribution in [2.75, 3.05) is 26.2 Å². The maximum absolute atomic E-state index is 13.3. The van der Waals surface area contributed by atoms with Gasteiger partial charge in [-0.25, -0.2) is 4.98 Å². The van der Waals surface area contributed by atoms with Crippen molar-refractivity contribution in [1.29, 1.82) is 0 Å². The number of carbonyl (C=O) groups excluding carboxylic acids is 2. The minimum atomic E-state index is -0.814. The second-order valence-electron chi connectivity index (χ2n) is 8.62. The van der Waals surface area contributed by atoms with E-state index in [4.69, 9.17) is 23.2 Å². The van der Waals surface area contributed by atoms with E-state index in [0.29, 0.717) is 40.0 Å². The van der Waals surface area contributed by atoms with Crippen LogP contribution in [-0.4, -0.2) is 62.2 Å². The SMILES string of the molecule is CCN(CC)CCN1C(=O)C(=O)/C(=C(/O)c2nc3c(C)cccn3c2C)C1c1ccc(Cl)c(Cl)c1. The van der Waals surface area contributed by atoms with E-state index in [1.807, 2.05) is 50.4 Å². The van der Waals surface area contributed by atoms with Crippen LogP contribution in [0.1, 0.15) is 42.4 Å². The molecule has 4 rings (SSSR count). The summed E-state index contributed by atoms with van der Waals surface area (Å²) >= 11 is 12.4. The fraction of sp³-hybridized carbons (Fsp3) is 0.346. The molecule has 0 saturated carbocycles. The number of amides is 1. The Hall–Kier alpha value is -2.87. The molecule has 1 unspecified atom stereocenters. The summed E-state index contributed by atoms with van der Waals surface area (Å²) in [7, 11) is 0. The van der Waals surface area contributed by atoms with E-state index in [0.717, 1.165) is 18.7 Å². The summed E-state index contributed by atoms with van der Waals surface area (Å²) < 4.78 is 1.86. The van der Waals surface area contributed by atoms with Crippen LogP contribution in [0.4, 0.5) is 0 Å². The Kier molecular flexibility index (Phi) is 7.22. The van der Waals surface area contributed by atoms with E-state index >= 15 is 0 Å². The maximum Gasteiger partial charge on any atom is 0.295 e. The first-order valence-electron chi connectivity index (χ1n) is 11.6. The Morgan fingerprint density at radius 2 is 1.83 bits per heavy atom. The number of aromatic nitrogens is 2. The summed E-state index contributed by atoms with van der Waals surface area (Å²) in [6.07, 6.45) is 1.85. The molecule has 0 bridgehead atoms. The third kappa shape index (κ3) is 4.44. The minimum absolute atomic E-state index is 0.00269. The molecular weight excluding hydrogens is 487 g/mol. The lowest BCUT2D eigenvalue weighted by atomic mass is 9.96. The van der Waals surface area contributed by atoms with Crippen LogP contribution in [0.15, 0.2) is 42.1 Å². The lowest BCUT2D eigenvalue weighted by Gasteiger charge is -2.28. The van der Waals surface area contributed by atoms with Crippen molar-refractivity contribution >= 4 is 46.3 Å². The zero-order chi connectivity index (χ0) is 25.4. The van der Waals surface area contributed by atoms with Gasteiger partial charge in [0.25, 0.3) is 11.7 Å². The van der Waals surface area contributed by atoms with Crippen molar-refractivity contribution in [3.05, 3.63) is 74.7 Å². The van der Waals surface area contributed by atoms with E-state index in [1.54, 1.807) is 18.2 Å². The highest BCUT2D eigenvalue weighted by Crippen LogP contribution is 2.41. The molecule has 184 valence electrons. The topological polar surface area (TPSA) is 78.2 Å². The average molecular weight is 515 g/mol. The summed E-state index contributed by atoms with van der Waals surface area (Å²) in [6, 6.07) is 7.99. The van der Waals surface area contributed by atoms with Gasteiger partial charge in [0.15, 0.2) is 5.76 Å². The van der Waals surface area contributed by atoms with Crippen molar-refractivity contribution in [1.82, 2.24) is 19.2 Å². The number of imidazole rings is 1. The molecule has 3 heterocycles. The van der Waals surface area contributed by atoms with Gasteiger partial charge >= 0.3 is 0 Å². The van der Waals surface area contributed by atoms with Crippen LogP contribution in [0.3, 0.4) is 0 Å². The third-order valence-electron chi connectivity index (χ3n) is 6.66. The normalized spacial score (nSPS) is 17.8. The number of pyridine rings is 1. The molecule has 1 N–H and O–H groups in total. The Morgan fingerprint density at radius 3 is 2.46 bits per heavy atom. The first-order valence-corrected chi connectivity index (χ1v) is 12.4. The number of halogens is 2. The zero-order valence-corrected chi connectivity index (χ0v) is 21.7. The molecule has 35 heavy (non-hydrogen) atoms. The molecule has 7 nitrogen and oxygen atoms in total. The summed E-state index contributed by atoms with van der Waals surface area (Å²) in [6.45, 7) is 10.4. The second-order valence-corrected chi connectivity index (χ2v) is 9.44. The number of fused-ring (bicyclic) bond motifs is 1. The van der Waals surface area contributed by atoms with Gasteiger partial charge in [0.2, 0.25) is 0 Å². The van der Waals surface area contributed by atoms with Gasteiger partial charge in [-0.05, 0) is 56.3 Å². The summed E-state index contributed by atoms with van der Waals surface area (Å²) in [5.74, 6) is -1.70. The molecule has 1 aliphatic heterocycles. The van der Waals surface area contributed by atoms with Crippen molar-refractivity contribution in [2.24, 2.45) is 0 Å². The van der Waals surface area contributed by atoms with Crippen LogP contribution >= 0.6 is 23.2 Å². The molecule has 1 fully saturated rings. The first-order chi connectivity index (χ1) is 16.7. The first kappa shape index (κ1) is 25.2. The van der Waals surface area contributed by atoms with Crippen molar-refractivity contribution in [3.63, 3.8) is 0 Å². The van der Waals surface area contributed by atoms with E-state index in [1.165, 1.54) is 4.90 Å². The highest BCUT2D eigenvalue weighted by molar-refractivity contribution is 6.46. The third-order valence-corrected chi connectivity index (χ3v) is 7.40. The molecule has 0 radical (unpaired) electrons. The summed E-state index contributed by atoms with van der Waals surface area (Å²) in [5, 5.41) is 12.1. The van der Waals surface area contributed by atoms with Crippen LogP contribution in [0.25, 0.3) is 11.4 Å². The van der Waals surface area contributed by atoms with E-state index in [-0.39, 0.29) is 17.0 Å². The smallest absolute Gasteiger partial charge is 0.295 e. The number of nitrogens with zero attached hydrogens (tertiary/aromatic N) is 4. The number of likely N-dealkylation sites (tertiary alicyclic amines) is 1. The lowest BCUT2D eigenvalue weighted by molar-refractivity contribution is -0.140. The largest absolute Gasteiger partial charge is 0.505 e.